The van der Waals surface area contributed by atoms with E-state index in [9.17, 15) is 8.42 Å². The molecular formula is C18H19NO2S. The number of rotatable bonds is 3. The molecule has 4 heteroatoms. The third-order valence-corrected chi connectivity index (χ3v) is 5.07. The van der Waals surface area contributed by atoms with Crippen molar-refractivity contribution in [2.45, 2.75) is 11.3 Å². The maximum atomic E-state index is 11.7. The number of hydrogen-bond donors (Lipinski definition) is 0. The van der Waals surface area contributed by atoms with E-state index in [4.69, 9.17) is 0 Å². The van der Waals surface area contributed by atoms with Gasteiger partial charge in [-0.1, -0.05) is 36.4 Å². The van der Waals surface area contributed by atoms with Gasteiger partial charge in [0.1, 0.15) is 0 Å². The van der Waals surface area contributed by atoms with Crippen LogP contribution in [0.2, 0.25) is 0 Å². The molecule has 0 fully saturated rings. The van der Waals surface area contributed by atoms with E-state index in [1.807, 2.05) is 30.3 Å². The molecule has 1 heterocycles. The van der Waals surface area contributed by atoms with Crippen molar-refractivity contribution in [1.82, 2.24) is 0 Å². The molecule has 0 bridgehead atoms. The Morgan fingerprint density at radius 2 is 1.77 bits per heavy atom. The van der Waals surface area contributed by atoms with Crippen LogP contribution in [-0.4, -0.2) is 27.8 Å². The number of anilines is 1. The van der Waals surface area contributed by atoms with E-state index < -0.39 is 9.84 Å². The van der Waals surface area contributed by atoms with Gasteiger partial charge >= 0.3 is 0 Å². The first-order valence-corrected chi connectivity index (χ1v) is 9.23. The van der Waals surface area contributed by atoms with Crippen molar-refractivity contribution < 1.29 is 8.42 Å². The van der Waals surface area contributed by atoms with Crippen LogP contribution in [0.1, 0.15) is 12.0 Å². The first kappa shape index (κ1) is 14.9. The Kier molecular flexibility index (Phi) is 4.03. The lowest BCUT2D eigenvalue weighted by molar-refractivity contribution is 0.602. The number of hydrogen-bond acceptors (Lipinski definition) is 3. The van der Waals surface area contributed by atoms with Crippen molar-refractivity contribution in [3.8, 4) is 0 Å². The quantitative estimate of drug-likeness (QED) is 0.872. The van der Waals surface area contributed by atoms with Crippen LogP contribution in [-0.2, 0) is 9.84 Å². The molecule has 0 radical (unpaired) electrons. The van der Waals surface area contributed by atoms with Gasteiger partial charge in [-0.3, -0.25) is 0 Å². The number of nitrogens with zero attached hydrogens (tertiary/aromatic N) is 1. The SMILES string of the molecule is CS(=O)(=O)c1cccc(C2=CCN(c3ccccc3)CC2)c1. The van der Waals surface area contributed by atoms with Crippen LogP contribution in [0.4, 0.5) is 5.69 Å². The van der Waals surface area contributed by atoms with Crippen LogP contribution in [0.5, 0.6) is 0 Å². The fraction of sp³-hybridized carbons (Fsp3) is 0.222. The van der Waals surface area contributed by atoms with Gasteiger partial charge in [0.2, 0.25) is 0 Å². The maximum Gasteiger partial charge on any atom is 0.175 e. The third kappa shape index (κ3) is 3.22. The molecule has 0 aromatic heterocycles. The van der Waals surface area contributed by atoms with Crippen LogP contribution in [0.25, 0.3) is 5.57 Å². The van der Waals surface area contributed by atoms with Crippen molar-refractivity contribution >= 4 is 21.1 Å². The molecular weight excluding hydrogens is 294 g/mol. The summed E-state index contributed by atoms with van der Waals surface area (Å²) in [4.78, 5) is 2.71. The number of benzene rings is 2. The van der Waals surface area contributed by atoms with Crippen molar-refractivity contribution in [2.75, 3.05) is 24.2 Å². The van der Waals surface area contributed by atoms with E-state index in [0.29, 0.717) is 4.90 Å². The average molecular weight is 313 g/mol. The summed E-state index contributed by atoms with van der Waals surface area (Å²) in [6.45, 7) is 1.79. The van der Waals surface area contributed by atoms with E-state index >= 15 is 0 Å². The standard InChI is InChI=1S/C18H19NO2S/c1-22(20,21)18-9-5-6-16(14-18)15-10-12-19(13-11-15)17-7-3-2-4-8-17/h2-10,14H,11-13H2,1H3. The molecule has 2 aromatic rings. The molecule has 0 atom stereocenters. The molecule has 0 amide bonds. The van der Waals surface area contributed by atoms with Crippen LogP contribution in [0.15, 0.2) is 65.6 Å². The molecule has 0 unspecified atom stereocenters. The van der Waals surface area contributed by atoms with E-state index in [2.05, 4.69) is 23.1 Å². The highest BCUT2D eigenvalue weighted by Gasteiger charge is 2.15. The second kappa shape index (κ2) is 5.97. The third-order valence-electron chi connectivity index (χ3n) is 3.96. The van der Waals surface area contributed by atoms with Gasteiger partial charge in [-0.05, 0) is 41.8 Å². The molecule has 0 N–H and O–H groups in total. The van der Waals surface area contributed by atoms with Gasteiger partial charge in [0.15, 0.2) is 9.84 Å². The Morgan fingerprint density at radius 1 is 1.00 bits per heavy atom. The summed E-state index contributed by atoms with van der Waals surface area (Å²) in [5, 5.41) is 0. The van der Waals surface area contributed by atoms with E-state index in [0.717, 1.165) is 25.1 Å². The summed E-state index contributed by atoms with van der Waals surface area (Å²) in [6.07, 6.45) is 4.36. The fourth-order valence-electron chi connectivity index (χ4n) is 2.73. The van der Waals surface area contributed by atoms with Crippen LogP contribution in [0.3, 0.4) is 0 Å². The lowest BCUT2D eigenvalue weighted by atomic mass is 9.99. The fourth-order valence-corrected chi connectivity index (χ4v) is 3.40. The Labute approximate surface area is 131 Å². The average Bonchev–Trinajstić information content (AvgIpc) is 2.55. The molecule has 0 saturated carbocycles. The second-order valence-corrected chi connectivity index (χ2v) is 7.58. The molecule has 0 saturated heterocycles. The molecule has 3 rings (SSSR count). The van der Waals surface area contributed by atoms with Gasteiger partial charge in [-0.25, -0.2) is 8.42 Å². The van der Waals surface area contributed by atoms with E-state index in [1.165, 1.54) is 17.5 Å². The van der Waals surface area contributed by atoms with Crippen molar-refractivity contribution in [1.29, 1.82) is 0 Å². The summed E-state index contributed by atoms with van der Waals surface area (Å²) in [7, 11) is -3.16. The molecule has 0 aliphatic carbocycles. The van der Waals surface area contributed by atoms with E-state index in [-0.39, 0.29) is 0 Å². The first-order valence-electron chi connectivity index (χ1n) is 7.33. The summed E-state index contributed by atoms with van der Waals surface area (Å²) in [5.41, 5.74) is 3.45. The number of para-hydroxylation sites is 1. The second-order valence-electron chi connectivity index (χ2n) is 5.56. The molecule has 1 aliphatic heterocycles. The topological polar surface area (TPSA) is 37.4 Å². The zero-order valence-corrected chi connectivity index (χ0v) is 13.4. The Bertz CT molecular complexity index is 795. The van der Waals surface area contributed by atoms with Crippen molar-refractivity contribution in [2.24, 2.45) is 0 Å². The predicted octanol–water partition coefficient (Wildman–Crippen LogP) is 3.38. The van der Waals surface area contributed by atoms with Gasteiger partial charge in [0.05, 0.1) is 4.90 Å². The first-order chi connectivity index (χ1) is 10.5. The Hall–Kier alpha value is -2.07. The highest BCUT2D eigenvalue weighted by atomic mass is 32.2. The Balaban J connectivity index is 1.82. The molecule has 3 nitrogen and oxygen atoms in total. The van der Waals surface area contributed by atoms with Gasteiger partial charge in [0.25, 0.3) is 0 Å². The predicted molar refractivity (Wildman–Crippen MR) is 90.8 cm³/mol. The highest BCUT2D eigenvalue weighted by molar-refractivity contribution is 7.90. The van der Waals surface area contributed by atoms with Gasteiger partial charge in [-0.2, -0.15) is 0 Å². The van der Waals surface area contributed by atoms with E-state index in [1.54, 1.807) is 12.1 Å². The molecule has 1 aliphatic rings. The maximum absolute atomic E-state index is 11.7. The zero-order chi connectivity index (χ0) is 15.6. The van der Waals surface area contributed by atoms with Gasteiger partial charge < -0.3 is 4.90 Å². The minimum atomic E-state index is -3.16. The monoisotopic (exact) mass is 313 g/mol. The van der Waals surface area contributed by atoms with Crippen LogP contribution < -0.4 is 4.90 Å². The molecule has 114 valence electrons. The van der Waals surface area contributed by atoms with Crippen LogP contribution >= 0.6 is 0 Å². The van der Waals surface area contributed by atoms with Crippen LogP contribution in [0, 0.1) is 0 Å². The van der Waals surface area contributed by atoms with Gasteiger partial charge in [-0.15, -0.1) is 0 Å². The minimum Gasteiger partial charge on any atom is -0.367 e. The Morgan fingerprint density at radius 3 is 2.41 bits per heavy atom. The lowest BCUT2D eigenvalue weighted by Crippen LogP contribution is -2.28. The summed E-state index contributed by atoms with van der Waals surface area (Å²) < 4.78 is 23.4. The van der Waals surface area contributed by atoms with Crippen molar-refractivity contribution in [3.63, 3.8) is 0 Å². The smallest absolute Gasteiger partial charge is 0.175 e. The summed E-state index contributed by atoms with van der Waals surface area (Å²) >= 11 is 0. The normalized spacial score (nSPS) is 15.5. The molecule has 0 spiro atoms. The summed E-state index contributed by atoms with van der Waals surface area (Å²) in [6, 6.07) is 17.6. The summed E-state index contributed by atoms with van der Waals surface area (Å²) in [5.74, 6) is 0. The lowest BCUT2D eigenvalue weighted by Gasteiger charge is -2.28. The largest absolute Gasteiger partial charge is 0.367 e. The minimum absolute atomic E-state index is 0.386. The highest BCUT2D eigenvalue weighted by Crippen LogP contribution is 2.26. The zero-order valence-electron chi connectivity index (χ0n) is 12.6. The number of sulfone groups is 1. The van der Waals surface area contributed by atoms with Gasteiger partial charge in [0, 0.05) is 25.0 Å². The molecule has 22 heavy (non-hydrogen) atoms. The van der Waals surface area contributed by atoms with Crippen molar-refractivity contribution in [3.05, 3.63) is 66.2 Å². The molecule has 2 aromatic carbocycles.